The number of anilines is 1. The molecule has 2 aliphatic heterocycles. The number of benzene rings is 2. The van der Waals surface area contributed by atoms with Gasteiger partial charge in [-0.05, 0) is 48.7 Å². The summed E-state index contributed by atoms with van der Waals surface area (Å²) in [6.07, 6.45) is 2.51. The molecular weight excluding hydrogens is 313 g/mol. The predicted octanol–water partition coefficient (Wildman–Crippen LogP) is 4.78. The van der Waals surface area contributed by atoms with Crippen LogP contribution in [-0.4, -0.2) is 11.8 Å². The van der Waals surface area contributed by atoms with Crippen LogP contribution in [0.15, 0.2) is 48.5 Å². The average molecular weight is 330 g/mol. The van der Waals surface area contributed by atoms with Crippen molar-refractivity contribution < 1.29 is 9.18 Å². The number of nitrogens with zero attached hydrogens (tertiary/aromatic N) is 1. The summed E-state index contributed by atoms with van der Waals surface area (Å²) < 4.78 is 13.3. The Morgan fingerprint density at radius 3 is 2.57 bits per heavy atom. The zero-order chi connectivity index (χ0) is 16.0. The lowest BCUT2D eigenvalue weighted by Crippen LogP contribution is -2.54. The smallest absolute Gasteiger partial charge is 0.140 e. The summed E-state index contributed by atoms with van der Waals surface area (Å²) >= 11 is 6.17. The third kappa shape index (κ3) is 2.53. The van der Waals surface area contributed by atoms with Gasteiger partial charge < -0.3 is 4.90 Å². The highest BCUT2D eigenvalue weighted by Gasteiger charge is 2.47. The molecule has 3 fully saturated rings. The van der Waals surface area contributed by atoms with Gasteiger partial charge >= 0.3 is 0 Å². The van der Waals surface area contributed by atoms with E-state index in [1.165, 1.54) is 12.1 Å². The molecule has 1 aliphatic carbocycles. The van der Waals surface area contributed by atoms with Crippen LogP contribution < -0.4 is 4.90 Å². The molecule has 4 heteroatoms. The molecule has 118 valence electrons. The van der Waals surface area contributed by atoms with Gasteiger partial charge in [0.2, 0.25) is 0 Å². The maximum absolute atomic E-state index is 13.3. The van der Waals surface area contributed by atoms with Gasteiger partial charge in [0, 0.05) is 29.1 Å². The van der Waals surface area contributed by atoms with E-state index >= 15 is 0 Å². The van der Waals surface area contributed by atoms with Gasteiger partial charge in [0.1, 0.15) is 11.6 Å². The highest BCUT2D eigenvalue weighted by Crippen LogP contribution is 2.48. The Morgan fingerprint density at radius 1 is 1.09 bits per heavy atom. The van der Waals surface area contributed by atoms with Crippen LogP contribution in [0, 0.1) is 11.7 Å². The molecule has 0 N–H and O–H groups in total. The molecule has 2 aromatic rings. The number of rotatable bonds is 2. The minimum Gasteiger partial charge on any atom is -0.360 e. The lowest BCUT2D eigenvalue weighted by atomic mass is 9.71. The molecule has 3 atom stereocenters. The van der Waals surface area contributed by atoms with Crippen molar-refractivity contribution in [3.05, 3.63) is 64.9 Å². The molecular formula is C19H17ClFNO. The summed E-state index contributed by atoms with van der Waals surface area (Å²) in [4.78, 5) is 14.7. The Bertz CT molecular complexity index is 745. The summed E-state index contributed by atoms with van der Waals surface area (Å²) in [5, 5.41) is 0.688. The number of halogens is 2. The van der Waals surface area contributed by atoms with Crippen molar-refractivity contribution in [2.24, 2.45) is 5.92 Å². The molecule has 2 saturated heterocycles. The van der Waals surface area contributed by atoms with Crippen LogP contribution in [0.5, 0.6) is 0 Å². The molecule has 1 saturated carbocycles. The van der Waals surface area contributed by atoms with E-state index in [0.717, 1.165) is 24.1 Å². The Balaban J connectivity index is 1.81. The standard InChI is InChI=1S/C19H17ClFNO/c20-13-2-1-3-15(10-13)22-16-8-9-17(18(23)11-16)19(22)12-4-6-14(21)7-5-12/h1-7,10,16-17,19H,8-9,11H2/t16-,17+,19-/m0/s1. The fraction of sp³-hybridized carbons (Fsp3) is 0.316. The molecule has 0 spiro atoms. The van der Waals surface area contributed by atoms with E-state index < -0.39 is 0 Å². The third-order valence-corrected chi connectivity index (χ3v) is 5.29. The molecule has 3 aliphatic rings. The molecule has 23 heavy (non-hydrogen) atoms. The van der Waals surface area contributed by atoms with E-state index in [9.17, 15) is 9.18 Å². The van der Waals surface area contributed by atoms with Crippen LogP contribution in [0.3, 0.4) is 0 Å². The van der Waals surface area contributed by atoms with Gasteiger partial charge in [0.05, 0.1) is 6.04 Å². The van der Waals surface area contributed by atoms with Crippen LogP contribution in [0.25, 0.3) is 0 Å². The van der Waals surface area contributed by atoms with Crippen molar-refractivity contribution in [2.45, 2.75) is 31.3 Å². The number of hydrogen-bond acceptors (Lipinski definition) is 2. The number of carbonyl (C=O) groups excluding carboxylic acids is 1. The number of hydrogen-bond donors (Lipinski definition) is 0. The van der Waals surface area contributed by atoms with Gasteiger partial charge in [0.25, 0.3) is 0 Å². The van der Waals surface area contributed by atoms with Crippen molar-refractivity contribution in [2.75, 3.05) is 4.90 Å². The zero-order valence-corrected chi connectivity index (χ0v) is 13.3. The van der Waals surface area contributed by atoms with Gasteiger partial charge in [-0.3, -0.25) is 4.79 Å². The second-order valence-corrected chi connectivity index (χ2v) is 6.83. The molecule has 2 heterocycles. The fourth-order valence-corrected chi connectivity index (χ4v) is 4.26. The zero-order valence-electron chi connectivity index (χ0n) is 12.6. The Labute approximate surface area is 139 Å². The number of ketones is 1. The van der Waals surface area contributed by atoms with Gasteiger partial charge in [-0.1, -0.05) is 29.8 Å². The maximum Gasteiger partial charge on any atom is 0.140 e. The van der Waals surface area contributed by atoms with Crippen LogP contribution in [0.4, 0.5) is 10.1 Å². The molecule has 2 nitrogen and oxygen atoms in total. The van der Waals surface area contributed by atoms with E-state index in [1.807, 2.05) is 24.3 Å². The van der Waals surface area contributed by atoms with Gasteiger partial charge in [-0.25, -0.2) is 4.39 Å². The quantitative estimate of drug-likeness (QED) is 0.790. The van der Waals surface area contributed by atoms with Crippen molar-refractivity contribution in [1.82, 2.24) is 0 Å². The minimum absolute atomic E-state index is 0.0237. The normalized spacial score (nSPS) is 26.6. The van der Waals surface area contributed by atoms with Crippen molar-refractivity contribution >= 4 is 23.1 Å². The summed E-state index contributed by atoms with van der Waals surface area (Å²) in [6, 6.07) is 14.5. The first-order chi connectivity index (χ1) is 11.1. The molecule has 0 amide bonds. The second kappa shape index (κ2) is 5.64. The molecule has 0 aromatic heterocycles. The van der Waals surface area contributed by atoms with Crippen molar-refractivity contribution in [3.63, 3.8) is 0 Å². The van der Waals surface area contributed by atoms with Crippen LogP contribution in [0.1, 0.15) is 30.9 Å². The molecule has 2 aromatic carbocycles. The van der Waals surface area contributed by atoms with Gasteiger partial charge in [0.15, 0.2) is 0 Å². The monoisotopic (exact) mass is 329 g/mol. The van der Waals surface area contributed by atoms with Crippen molar-refractivity contribution in [1.29, 1.82) is 0 Å². The minimum atomic E-state index is -0.254. The van der Waals surface area contributed by atoms with E-state index in [-0.39, 0.29) is 23.8 Å². The van der Waals surface area contributed by atoms with Gasteiger partial charge in [-0.2, -0.15) is 0 Å². The first-order valence-electron chi connectivity index (χ1n) is 7.95. The number of carbonyl (C=O) groups is 1. The summed E-state index contributed by atoms with van der Waals surface area (Å²) in [5.41, 5.74) is 2.03. The van der Waals surface area contributed by atoms with Crippen molar-refractivity contribution in [3.8, 4) is 0 Å². The van der Waals surface area contributed by atoms with E-state index in [4.69, 9.17) is 11.6 Å². The van der Waals surface area contributed by atoms with E-state index in [2.05, 4.69) is 4.90 Å². The maximum atomic E-state index is 13.3. The Hall–Kier alpha value is -1.87. The highest BCUT2D eigenvalue weighted by molar-refractivity contribution is 6.30. The number of fused-ring (bicyclic) bond motifs is 3. The summed E-state index contributed by atoms with van der Waals surface area (Å²) in [5.74, 6) is 0.0497. The Kier molecular flexibility index (Phi) is 3.61. The fourth-order valence-electron chi connectivity index (χ4n) is 4.07. The molecule has 2 bridgehead atoms. The molecule has 5 rings (SSSR count). The average Bonchev–Trinajstić information content (AvgIpc) is 2.55. The summed E-state index contributed by atoms with van der Waals surface area (Å²) in [6.45, 7) is 0. The largest absolute Gasteiger partial charge is 0.360 e. The molecule has 0 radical (unpaired) electrons. The molecule has 0 unspecified atom stereocenters. The van der Waals surface area contributed by atoms with Crippen LogP contribution >= 0.6 is 11.6 Å². The van der Waals surface area contributed by atoms with E-state index in [1.54, 1.807) is 12.1 Å². The first kappa shape index (κ1) is 14.7. The van der Waals surface area contributed by atoms with Gasteiger partial charge in [-0.15, -0.1) is 0 Å². The van der Waals surface area contributed by atoms with Crippen LogP contribution in [-0.2, 0) is 4.79 Å². The first-order valence-corrected chi connectivity index (χ1v) is 8.33. The topological polar surface area (TPSA) is 20.3 Å². The SMILES string of the molecule is O=C1C[C@@H]2CC[C@H]1[C@H](c1ccc(F)cc1)N2c1cccc(Cl)c1. The summed E-state index contributed by atoms with van der Waals surface area (Å²) in [7, 11) is 0. The Morgan fingerprint density at radius 2 is 1.87 bits per heavy atom. The number of Topliss-reactive ketones (excluding diaryl/α,β-unsaturated/α-hetero) is 1. The second-order valence-electron chi connectivity index (χ2n) is 6.39. The highest BCUT2D eigenvalue weighted by atomic mass is 35.5. The lowest BCUT2D eigenvalue weighted by Gasteiger charge is -2.52. The third-order valence-electron chi connectivity index (χ3n) is 5.05. The van der Waals surface area contributed by atoms with Crippen LogP contribution in [0.2, 0.25) is 5.02 Å². The van der Waals surface area contributed by atoms with E-state index in [0.29, 0.717) is 17.2 Å². The number of piperidine rings is 2. The predicted molar refractivity (Wildman–Crippen MR) is 89.2 cm³/mol. The lowest BCUT2D eigenvalue weighted by molar-refractivity contribution is -0.128.